The number of allylic oxidation sites excluding steroid dienone is 3. The zero-order valence-corrected chi connectivity index (χ0v) is 11.5. The van der Waals surface area contributed by atoms with Crippen molar-refractivity contribution < 1.29 is 0 Å². The Bertz CT molecular complexity index is 475. The molecule has 2 aliphatic rings. The Morgan fingerprint density at radius 1 is 1.39 bits per heavy atom. The van der Waals surface area contributed by atoms with Crippen LogP contribution in [0, 0.1) is 5.92 Å². The highest BCUT2D eigenvalue weighted by Crippen LogP contribution is 2.30. The first-order valence-corrected chi connectivity index (χ1v) is 6.29. The lowest BCUT2D eigenvalue weighted by Gasteiger charge is -2.40. The third-order valence-corrected chi connectivity index (χ3v) is 3.58. The summed E-state index contributed by atoms with van der Waals surface area (Å²) in [5.41, 5.74) is 11.9. The number of aliphatic imine (C=N–C) groups is 2. The first-order chi connectivity index (χ1) is 8.31. The van der Waals surface area contributed by atoms with Gasteiger partial charge >= 0.3 is 0 Å². The first-order valence-electron chi connectivity index (χ1n) is 5.85. The summed E-state index contributed by atoms with van der Waals surface area (Å²) in [5, 5.41) is -0.0585. The van der Waals surface area contributed by atoms with Crippen molar-refractivity contribution in [2.45, 2.75) is 31.8 Å². The second-order valence-electron chi connectivity index (χ2n) is 5.02. The van der Waals surface area contributed by atoms with Crippen molar-refractivity contribution in [2.24, 2.45) is 27.4 Å². The van der Waals surface area contributed by atoms with Crippen LogP contribution in [0.5, 0.6) is 0 Å². The third kappa shape index (κ3) is 2.22. The van der Waals surface area contributed by atoms with Crippen molar-refractivity contribution >= 4 is 23.5 Å². The Morgan fingerprint density at radius 3 is 2.61 bits per heavy atom. The molecule has 0 amide bonds. The van der Waals surface area contributed by atoms with Gasteiger partial charge in [-0.15, -0.1) is 11.6 Å². The molecule has 2 atom stereocenters. The quantitative estimate of drug-likeness (QED) is 0.704. The van der Waals surface area contributed by atoms with Gasteiger partial charge in [0, 0.05) is 5.70 Å². The molecule has 5 nitrogen and oxygen atoms in total. The number of rotatable bonds is 1. The summed E-state index contributed by atoms with van der Waals surface area (Å²) in [6, 6.07) is 0. The average molecular weight is 268 g/mol. The third-order valence-electron chi connectivity index (χ3n) is 3.05. The predicted molar refractivity (Wildman–Crippen MR) is 75.2 cm³/mol. The van der Waals surface area contributed by atoms with Crippen molar-refractivity contribution in [2.75, 3.05) is 0 Å². The number of hydrogen-bond donors (Lipinski definition) is 2. The highest BCUT2D eigenvalue weighted by Gasteiger charge is 2.34. The maximum atomic E-state index is 6.26. The van der Waals surface area contributed by atoms with Crippen molar-refractivity contribution in [1.29, 1.82) is 0 Å². The predicted octanol–water partition coefficient (Wildman–Crippen LogP) is 1.36. The summed E-state index contributed by atoms with van der Waals surface area (Å²) >= 11 is 6.26. The van der Waals surface area contributed by atoms with E-state index in [-0.39, 0.29) is 11.3 Å². The summed E-state index contributed by atoms with van der Waals surface area (Å²) in [6.07, 6.45) is 6.01. The van der Waals surface area contributed by atoms with Gasteiger partial charge in [-0.25, -0.2) is 4.99 Å². The lowest BCUT2D eigenvalue weighted by Crippen LogP contribution is -2.53. The zero-order chi connectivity index (χ0) is 13.5. The highest BCUT2D eigenvalue weighted by molar-refractivity contribution is 6.22. The van der Waals surface area contributed by atoms with Gasteiger partial charge in [0.2, 0.25) is 11.9 Å². The van der Waals surface area contributed by atoms with Crippen LogP contribution in [0.25, 0.3) is 0 Å². The van der Waals surface area contributed by atoms with Gasteiger partial charge < -0.3 is 11.5 Å². The van der Waals surface area contributed by atoms with Crippen LogP contribution in [-0.2, 0) is 0 Å². The van der Waals surface area contributed by atoms with Gasteiger partial charge in [-0.2, -0.15) is 4.99 Å². The van der Waals surface area contributed by atoms with E-state index in [2.05, 4.69) is 23.0 Å². The van der Waals surface area contributed by atoms with E-state index in [1.807, 2.05) is 30.9 Å². The maximum absolute atomic E-state index is 6.26. The largest absolute Gasteiger partial charge is 0.369 e. The van der Waals surface area contributed by atoms with Gasteiger partial charge in [0.05, 0.1) is 5.38 Å². The van der Waals surface area contributed by atoms with Crippen LogP contribution >= 0.6 is 11.6 Å². The second-order valence-corrected chi connectivity index (χ2v) is 5.53. The monoisotopic (exact) mass is 267 g/mol. The maximum Gasteiger partial charge on any atom is 0.220 e. The topological polar surface area (TPSA) is 80.0 Å². The number of halogens is 1. The molecule has 0 saturated carbocycles. The molecule has 2 rings (SSSR count). The molecule has 0 fully saturated rings. The normalized spacial score (nSPS) is 30.7. The standard InChI is InChI=1S/C12H18ClN5/c1-7-4-5-8(6-9(7)13)18-11(15)16-10(14)17-12(18,2)3/h4-7,9H,1-3H3,(H4,14,15,16,17). The second kappa shape index (κ2) is 4.31. The van der Waals surface area contributed by atoms with Crippen LogP contribution < -0.4 is 11.5 Å². The molecular weight excluding hydrogens is 250 g/mol. The minimum atomic E-state index is -0.566. The van der Waals surface area contributed by atoms with Gasteiger partial charge in [0.15, 0.2) is 0 Å². The average Bonchev–Trinajstić information content (AvgIpc) is 2.20. The number of guanidine groups is 2. The zero-order valence-electron chi connectivity index (χ0n) is 10.8. The van der Waals surface area contributed by atoms with Crippen molar-refractivity contribution in [3.05, 3.63) is 23.9 Å². The van der Waals surface area contributed by atoms with Gasteiger partial charge in [0.25, 0.3) is 0 Å². The molecule has 1 heterocycles. The molecular formula is C12H18ClN5. The van der Waals surface area contributed by atoms with Crippen LogP contribution in [-0.4, -0.2) is 27.9 Å². The summed E-state index contributed by atoms with van der Waals surface area (Å²) < 4.78 is 0. The van der Waals surface area contributed by atoms with Gasteiger partial charge in [0.1, 0.15) is 5.66 Å². The fourth-order valence-electron chi connectivity index (χ4n) is 2.13. The molecule has 0 bridgehead atoms. The Kier molecular flexibility index (Phi) is 3.11. The molecule has 1 aliphatic carbocycles. The van der Waals surface area contributed by atoms with Crippen molar-refractivity contribution in [3.63, 3.8) is 0 Å². The van der Waals surface area contributed by atoms with Crippen LogP contribution in [0.15, 0.2) is 33.9 Å². The minimum Gasteiger partial charge on any atom is -0.369 e. The molecule has 98 valence electrons. The molecule has 1 aliphatic heterocycles. The highest BCUT2D eigenvalue weighted by atomic mass is 35.5. The van der Waals surface area contributed by atoms with Crippen LogP contribution in [0.3, 0.4) is 0 Å². The summed E-state index contributed by atoms with van der Waals surface area (Å²) in [7, 11) is 0. The molecule has 6 heteroatoms. The summed E-state index contributed by atoms with van der Waals surface area (Å²) in [5.74, 6) is 0.835. The number of hydrogen-bond acceptors (Lipinski definition) is 5. The molecule has 4 N–H and O–H groups in total. The van der Waals surface area contributed by atoms with Crippen LogP contribution in [0.2, 0.25) is 0 Å². The van der Waals surface area contributed by atoms with E-state index in [0.29, 0.717) is 11.9 Å². The number of nitrogens with two attached hydrogens (primary N) is 2. The van der Waals surface area contributed by atoms with E-state index in [4.69, 9.17) is 23.1 Å². The molecule has 0 aromatic heterocycles. The van der Waals surface area contributed by atoms with E-state index in [9.17, 15) is 0 Å². The molecule has 0 saturated heterocycles. The molecule has 18 heavy (non-hydrogen) atoms. The molecule has 0 spiro atoms. The smallest absolute Gasteiger partial charge is 0.220 e. The van der Waals surface area contributed by atoms with Gasteiger partial charge in [-0.1, -0.05) is 13.0 Å². The van der Waals surface area contributed by atoms with Crippen molar-refractivity contribution in [3.8, 4) is 0 Å². The SMILES string of the molecule is CC1C=CC(N2C(N)=NC(N)=NC2(C)C)=CC1Cl. The number of alkyl halides is 1. The van der Waals surface area contributed by atoms with Crippen molar-refractivity contribution in [1.82, 2.24) is 4.90 Å². The minimum absolute atomic E-state index is 0.0585. The Labute approximate surface area is 112 Å². The Morgan fingerprint density at radius 2 is 2.06 bits per heavy atom. The van der Waals surface area contributed by atoms with E-state index in [1.54, 1.807) is 0 Å². The first kappa shape index (κ1) is 13.0. The fraction of sp³-hybridized carbons (Fsp3) is 0.500. The van der Waals surface area contributed by atoms with E-state index in [0.717, 1.165) is 5.70 Å². The molecule has 0 radical (unpaired) electrons. The fourth-order valence-corrected chi connectivity index (χ4v) is 2.34. The summed E-state index contributed by atoms with van der Waals surface area (Å²) in [6.45, 7) is 5.92. The molecule has 0 aromatic carbocycles. The Balaban J connectivity index is 2.37. The summed E-state index contributed by atoms with van der Waals surface area (Å²) in [4.78, 5) is 10.1. The lowest BCUT2D eigenvalue weighted by molar-refractivity contribution is 0.272. The van der Waals surface area contributed by atoms with Crippen LogP contribution in [0.4, 0.5) is 0 Å². The van der Waals surface area contributed by atoms with E-state index < -0.39 is 5.66 Å². The van der Waals surface area contributed by atoms with Gasteiger partial charge in [-0.3, -0.25) is 4.90 Å². The lowest BCUT2D eigenvalue weighted by atomic mass is 9.99. The van der Waals surface area contributed by atoms with E-state index in [1.165, 1.54) is 0 Å². The Hall–Kier alpha value is -1.49. The molecule has 2 unspecified atom stereocenters. The van der Waals surface area contributed by atoms with E-state index >= 15 is 0 Å². The van der Waals surface area contributed by atoms with Gasteiger partial charge in [-0.05, 0) is 31.9 Å². The van der Waals surface area contributed by atoms with Crippen LogP contribution in [0.1, 0.15) is 20.8 Å². The molecule has 0 aromatic rings. The number of nitrogens with zero attached hydrogens (tertiary/aromatic N) is 3.